The summed E-state index contributed by atoms with van der Waals surface area (Å²) in [6, 6.07) is 3.76. The molecule has 4 aromatic rings. The van der Waals surface area contributed by atoms with Gasteiger partial charge in [-0.15, -0.1) is 0 Å². The molecule has 4 aromatic heterocycles. The van der Waals surface area contributed by atoms with Crippen LogP contribution in [0.25, 0.3) is 23.0 Å². The summed E-state index contributed by atoms with van der Waals surface area (Å²) in [4.78, 5) is 17.3. The van der Waals surface area contributed by atoms with Gasteiger partial charge in [0.05, 0.1) is 0 Å². The molecule has 4 rings (SSSR count). The second-order valence-electron chi connectivity index (χ2n) is 9.83. The Bertz CT molecular complexity index is 1050. The molecule has 9 heteroatoms. The molecule has 0 saturated heterocycles. The molecule has 4 heterocycles. The van der Waals surface area contributed by atoms with E-state index >= 15 is 0 Å². The molecule has 0 fully saturated rings. The quantitative estimate of drug-likeness (QED) is 0.327. The maximum absolute atomic E-state index is 4.32. The summed E-state index contributed by atoms with van der Waals surface area (Å²) < 4.78 is 0. The minimum Gasteiger partial charge on any atom is -0.572 e. The Morgan fingerprint density at radius 3 is 1.09 bits per heavy atom. The summed E-state index contributed by atoms with van der Waals surface area (Å²) in [7, 11) is 0. The van der Waals surface area contributed by atoms with Crippen molar-refractivity contribution in [3.8, 4) is 23.0 Å². The topological polar surface area (TPSA) is 106 Å². The average molecular weight is 626 g/mol. The third kappa shape index (κ3) is 7.12. The minimum atomic E-state index is 0. The van der Waals surface area contributed by atoms with Crippen molar-refractivity contribution in [2.75, 3.05) is 0 Å². The first kappa shape index (κ1) is 26.5. The maximum atomic E-state index is 4.32. The molecular formula is C24H30N8Pt. The van der Waals surface area contributed by atoms with Crippen LogP contribution in [0, 0.1) is 13.8 Å². The van der Waals surface area contributed by atoms with Gasteiger partial charge in [-0.2, -0.15) is 0 Å². The van der Waals surface area contributed by atoms with Crippen molar-refractivity contribution < 1.29 is 21.1 Å². The Balaban J connectivity index is 0.000000227. The van der Waals surface area contributed by atoms with Crippen LogP contribution in [0.1, 0.15) is 64.1 Å². The van der Waals surface area contributed by atoms with E-state index in [0.717, 1.165) is 33.9 Å². The zero-order valence-corrected chi connectivity index (χ0v) is 22.6. The first-order chi connectivity index (χ1) is 14.9. The van der Waals surface area contributed by atoms with Gasteiger partial charge in [-0.25, -0.2) is 19.9 Å². The molecule has 33 heavy (non-hydrogen) atoms. The Kier molecular flexibility index (Phi) is 8.41. The molecule has 0 atom stereocenters. The predicted octanol–water partition coefficient (Wildman–Crippen LogP) is 4.20. The van der Waals surface area contributed by atoms with Crippen LogP contribution in [0.2, 0.25) is 0 Å². The van der Waals surface area contributed by atoms with Crippen molar-refractivity contribution >= 4 is 0 Å². The van der Waals surface area contributed by atoms with Crippen molar-refractivity contribution in [3.05, 3.63) is 59.4 Å². The van der Waals surface area contributed by atoms with E-state index in [1.807, 2.05) is 50.8 Å². The van der Waals surface area contributed by atoms with E-state index in [-0.39, 0.29) is 31.9 Å². The largest absolute Gasteiger partial charge is 2.00 e. The summed E-state index contributed by atoms with van der Waals surface area (Å²) in [5.41, 5.74) is 5.63. The van der Waals surface area contributed by atoms with Gasteiger partial charge in [0.25, 0.3) is 0 Å². The van der Waals surface area contributed by atoms with E-state index in [1.165, 1.54) is 0 Å². The molecule has 0 unspecified atom stereocenters. The fourth-order valence-electron chi connectivity index (χ4n) is 2.69. The molecule has 0 N–H and O–H groups in total. The normalized spacial score (nSPS) is 11.4. The van der Waals surface area contributed by atoms with E-state index in [9.17, 15) is 0 Å². The first-order valence-corrected chi connectivity index (χ1v) is 10.5. The van der Waals surface area contributed by atoms with Crippen molar-refractivity contribution in [1.82, 2.24) is 40.3 Å². The molecule has 0 aromatic carbocycles. The van der Waals surface area contributed by atoms with Gasteiger partial charge < -0.3 is 20.4 Å². The van der Waals surface area contributed by atoms with E-state index in [1.54, 1.807) is 0 Å². The molecule has 176 valence electrons. The number of aromatic nitrogens is 8. The zero-order valence-electron chi connectivity index (χ0n) is 20.4. The Morgan fingerprint density at radius 2 is 0.879 bits per heavy atom. The minimum absolute atomic E-state index is 0. The van der Waals surface area contributed by atoms with Gasteiger partial charge >= 0.3 is 21.1 Å². The van der Waals surface area contributed by atoms with Gasteiger partial charge in [0.15, 0.2) is 0 Å². The maximum Gasteiger partial charge on any atom is 2.00 e. The van der Waals surface area contributed by atoms with E-state index in [0.29, 0.717) is 11.6 Å². The monoisotopic (exact) mass is 625 g/mol. The van der Waals surface area contributed by atoms with Crippen LogP contribution in [-0.2, 0) is 31.9 Å². The van der Waals surface area contributed by atoms with Gasteiger partial charge in [0.1, 0.15) is 11.6 Å². The van der Waals surface area contributed by atoms with Crippen LogP contribution < -0.4 is 10.2 Å². The number of hydrogen-bond donors (Lipinski definition) is 0. The van der Waals surface area contributed by atoms with Crippen molar-refractivity contribution in [2.24, 2.45) is 0 Å². The zero-order chi connectivity index (χ0) is 23.5. The van der Waals surface area contributed by atoms with Crippen LogP contribution >= 0.6 is 0 Å². The summed E-state index contributed by atoms with van der Waals surface area (Å²) >= 11 is 0. The number of nitrogens with zero attached hydrogens (tertiary/aromatic N) is 8. The fraction of sp³-hybridized carbons (Fsp3) is 0.417. The molecule has 0 aliphatic rings. The molecule has 8 nitrogen and oxygen atoms in total. The molecule has 0 saturated carbocycles. The second-order valence-corrected chi connectivity index (χ2v) is 9.83. The molecule has 0 amide bonds. The van der Waals surface area contributed by atoms with Crippen LogP contribution in [0.4, 0.5) is 0 Å². The van der Waals surface area contributed by atoms with E-state index < -0.39 is 0 Å². The van der Waals surface area contributed by atoms with Crippen LogP contribution in [0.15, 0.2) is 36.9 Å². The third-order valence-electron chi connectivity index (χ3n) is 4.82. The summed E-state index contributed by atoms with van der Waals surface area (Å²) in [5, 5.41) is 15.9. The number of aryl methyl sites for hydroxylation is 2. The number of rotatable bonds is 2. The van der Waals surface area contributed by atoms with Gasteiger partial charge in [-0.1, -0.05) is 65.1 Å². The van der Waals surface area contributed by atoms with Crippen LogP contribution in [0.5, 0.6) is 0 Å². The molecule has 0 aliphatic carbocycles. The first-order valence-electron chi connectivity index (χ1n) is 10.5. The SMILES string of the molecule is Cc1cc(-c2ncc(C(C)(C)C)cn2)[n-]n1.Cc1cc(-c2ncc(C(C)(C)C)cn2)[n-]n1.[Pt+2]. The molecule has 0 bridgehead atoms. The van der Waals surface area contributed by atoms with Gasteiger partial charge in [0.2, 0.25) is 0 Å². The third-order valence-corrected chi connectivity index (χ3v) is 4.82. The van der Waals surface area contributed by atoms with Crippen LogP contribution in [-0.4, -0.2) is 30.1 Å². The smallest absolute Gasteiger partial charge is 0.572 e. The Hall–Kier alpha value is -2.73. The van der Waals surface area contributed by atoms with Crippen molar-refractivity contribution in [2.45, 2.75) is 66.2 Å². The Morgan fingerprint density at radius 1 is 0.576 bits per heavy atom. The van der Waals surface area contributed by atoms with Crippen LogP contribution in [0.3, 0.4) is 0 Å². The standard InChI is InChI=1S/2C12H15N4.Pt/c2*1-8-5-10(16-15-8)11-13-6-9(7-14-11)12(2,3)4;/h2*5-7H,1-4H3;/q2*-1;+2. The van der Waals surface area contributed by atoms with E-state index in [2.05, 4.69) is 81.9 Å². The summed E-state index contributed by atoms with van der Waals surface area (Å²) in [6.07, 6.45) is 7.41. The Labute approximate surface area is 209 Å². The molecule has 0 aliphatic heterocycles. The van der Waals surface area contributed by atoms with Crippen molar-refractivity contribution in [1.29, 1.82) is 0 Å². The second kappa shape index (κ2) is 10.5. The summed E-state index contributed by atoms with van der Waals surface area (Å²) in [5.74, 6) is 1.27. The van der Waals surface area contributed by atoms with Gasteiger partial charge in [-0.3, -0.25) is 0 Å². The van der Waals surface area contributed by atoms with E-state index in [4.69, 9.17) is 0 Å². The fourth-order valence-corrected chi connectivity index (χ4v) is 2.69. The average Bonchev–Trinajstić information content (AvgIpc) is 3.36. The molecular weight excluding hydrogens is 595 g/mol. The predicted molar refractivity (Wildman–Crippen MR) is 124 cm³/mol. The molecule has 0 radical (unpaired) electrons. The van der Waals surface area contributed by atoms with Gasteiger partial charge in [0, 0.05) is 36.2 Å². The van der Waals surface area contributed by atoms with Gasteiger partial charge in [-0.05, 0) is 35.8 Å². The summed E-state index contributed by atoms with van der Waals surface area (Å²) in [6.45, 7) is 16.6. The van der Waals surface area contributed by atoms with Crippen molar-refractivity contribution in [3.63, 3.8) is 0 Å². The molecule has 0 spiro atoms. The number of hydrogen-bond acceptors (Lipinski definition) is 6.